The zero-order valence-electron chi connectivity index (χ0n) is 13.4. The molecule has 0 saturated heterocycles. The SMILES string of the molecule is CC(C)Cc1cn(CCCCCCC(C)(C)C)nn1. The van der Waals surface area contributed by atoms with Crippen LogP contribution in [0.3, 0.4) is 0 Å². The van der Waals surface area contributed by atoms with Crippen LogP contribution in [0.15, 0.2) is 6.20 Å². The molecular formula is C16H31N3. The van der Waals surface area contributed by atoms with Gasteiger partial charge in [0.15, 0.2) is 0 Å². The second kappa shape index (κ2) is 7.66. The van der Waals surface area contributed by atoms with Gasteiger partial charge in [-0.3, -0.25) is 4.68 Å². The van der Waals surface area contributed by atoms with Crippen molar-refractivity contribution in [2.24, 2.45) is 11.3 Å². The minimum Gasteiger partial charge on any atom is -0.252 e. The van der Waals surface area contributed by atoms with Crippen molar-refractivity contribution in [1.29, 1.82) is 0 Å². The Morgan fingerprint density at radius 1 is 1.11 bits per heavy atom. The third-order valence-corrected chi connectivity index (χ3v) is 3.27. The van der Waals surface area contributed by atoms with Gasteiger partial charge in [0.05, 0.1) is 5.69 Å². The van der Waals surface area contributed by atoms with Crippen LogP contribution in [0, 0.1) is 11.3 Å². The van der Waals surface area contributed by atoms with E-state index in [9.17, 15) is 0 Å². The van der Waals surface area contributed by atoms with Crippen LogP contribution in [0.2, 0.25) is 0 Å². The van der Waals surface area contributed by atoms with Gasteiger partial charge in [-0.2, -0.15) is 0 Å². The predicted molar refractivity (Wildman–Crippen MR) is 81.1 cm³/mol. The summed E-state index contributed by atoms with van der Waals surface area (Å²) in [7, 11) is 0. The molecule has 0 amide bonds. The Bertz CT molecular complexity index is 347. The molecule has 0 aliphatic carbocycles. The maximum absolute atomic E-state index is 4.22. The molecule has 0 aliphatic rings. The van der Waals surface area contributed by atoms with Gasteiger partial charge in [-0.05, 0) is 30.6 Å². The quantitative estimate of drug-likeness (QED) is 0.649. The van der Waals surface area contributed by atoms with Crippen LogP contribution >= 0.6 is 0 Å². The van der Waals surface area contributed by atoms with Gasteiger partial charge in [-0.25, -0.2) is 0 Å². The second-order valence-corrected chi connectivity index (χ2v) is 7.30. The predicted octanol–water partition coefficient (Wildman–Crippen LogP) is 4.47. The Kier molecular flexibility index (Phi) is 6.53. The highest BCUT2D eigenvalue weighted by Crippen LogP contribution is 2.22. The summed E-state index contributed by atoms with van der Waals surface area (Å²) in [5, 5.41) is 8.41. The van der Waals surface area contributed by atoms with Crippen molar-refractivity contribution in [3.05, 3.63) is 11.9 Å². The summed E-state index contributed by atoms with van der Waals surface area (Å²) in [4.78, 5) is 0. The molecule has 1 aromatic heterocycles. The molecule has 0 radical (unpaired) electrons. The van der Waals surface area contributed by atoms with Gasteiger partial charge in [0.2, 0.25) is 0 Å². The largest absolute Gasteiger partial charge is 0.252 e. The number of nitrogens with zero attached hydrogens (tertiary/aromatic N) is 3. The standard InChI is InChI=1S/C16H31N3/c1-14(2)12-15-13-19(18-17-15)11-9-7-6-8-10-16(3,4)5/h13-14H,6-12H2,1-5H3. The van der Waals surface area contributed by atoms with Crippen LogP contribution in [0.25, 0.3) is 0 Å². The fourth-order valence-corrected chi connectivity index (χ4v) is 2.24. The van der Waals surface area contributed by atoms with Crippen molar-refractivity contribution in [1.82, 2.24) is 15.0 Å². The first kappa shape index (κ1) is 16.2. The summed E-state index contributed by atoms with van der Waals surface area (Å²) in [6.45, 7) is 12.4. The van der Waals surface area contributed by atoms with Crippen LogP contribution in [-0.4, -0.2) is 15.0 Å². The molecule has 110 valence electrons. The average molecular weight is 265 g/mol. The van der Waals surface area contributed by atoms with Gasteiger partial charge in [0.25, 0.3) is 0 Å². The zero-order valence-corrected chi connectivity index (χ0v) is 13.4. The van der Waals surface area contributed by atoms with Crippen LogP contribution < -0.4 is 0 Å². The molecular weight excluding hydrogens is 234 g/mol. The van der Waals surface area contributed by atoms with E-state index in [4.69, 9.17) is 0 Å². The normalized spacial score (nSPS) is 12.3. The first-order valence-corrected chi connectivity index (χ1v) is 7.76. The van der Waals surface area contributed by atoms with Gasteiger partial charge < -0.3 is 0 Å². The number of hydrogen-bond donors (Lipinski definition) is 0. The van der Waals surface area contributed by atoms with Crippen LogP contribution in [0.1, 0.15) is 72.4 Å². The lowest BCUT2D eigenvalue weighted by atomic mass is 9.89. The summed E-state index contributed by atoms with van der Waals surface area (Å²) in [5.74, 6) is 0.655. The topological polar surface area (TPSA) is 30.7 Å². The van der Waals surface area contributed by atoms with E-state index >= 15 is 0 Å². The summed E-state index contributed by atoms with van der Waals surface area (Å²) in [6, 6.07) is 0. The molecule has 0 atom stereocenters. The highest BCUT2D eigenvalue weighted by molar-refractivity contribution is 4.92. The summed E-state index contributed by atoms with van der Waals surface area (Å²) < 4.78 is 2.00. The van der Waals surface area contributed by atoms with Gasteiger partial charge in [-0.15, -0.1) is 5.10 Å². The van der Waals surface area contributed by atoms with Crippen molar-refractivity contribution in [3.8, 4) is 0 Å². The van der Waals surface area contributed by atoms with E-state index in [1.54, 1.807) is 0 Å². The molecule has 1 aromatic rings. The maximum Gasteiger partial charge on any atom is 0.0829 e. The van der Waals surface area contributed by atoms with E-state index in [1.807, 2.05) is 4.68 Å². The molecule has 0 unspecified atom stereocenters. The molecule has 0 aliphatic heterocycles. The maximum atomic E-state index is 4.22. The third kappa shape index (κ3) is 8.02. The van der Waals surface area contributed by atoms with Gasteiger partial charge in [-0.1, -0.05) is 59.1 Å². The zero-order chi connectivity index (χ0) is 14.3. The van der Waals surface area contributed by atoms with Gasteiger partial charge in [0.1, 0.15) is 0 Å². The smallest absolute Gasteiger partial charge is 0.0829 e. The van der Waals surface area contributed by atoms with E-state index in [0.717, 1.165) is 18.7 Å². The lowest BCUT2D eigenvalue weighted by molar-refractivity contribution is 0.355. The fraction of sp³-hybridized carbons (Fsp3) is 0.875. The van der Waals surface area contributed by atoms with Crippen molar-refractivity contribution in [2.45, 2.75) is 79.7 Å². The summed E-state index contributed by atoms with van der Waals surface area (Å²) >= 11 is 0. The molecule has 19 heavy (non-hydrogen) atoms. The first-order valence-electron chi connectivity index (χ1n) is 7.76. The summed E-state index contributed by atoms with van der Waals surface area (Å²) in [5.41, 5.74) is 1.61. The highest BCUT2D eigenvalue weighted by atomic mass is 15.4. The third-order valence-electron chi connectivity index (χ3n) is 3.27. The minimum absolute atomic E-state index is 0.484. The number of unbranched alkanes of at least 4 members (excludes halogenated alkanes) is 3. The summed E-state index contributed by atoms with van der Waals surface area (Å²) in [6.07, 6.45) is 9.67. The molecule has 0 N–H and O–H groups in total. The van der Waals surface area contributed by atoms with Crippen LogP contribution in [0.4, 0.5) is 0 Å². The molecule has 0 bridgehead atoms. The monoisotopic (exact) mass is 265 g/mol. The Morgan fingerprint density at radius 3 is 2.42 bits per heavy atom. The Morgan fingerprint density at radius 2 is 1.79 bits per heavy atom. The molecule has 1 rings (SSSR count). The van der Waals surface area contributed by atoms with E-state index in [2.05, 4.69) is 51.1 Å². The Balaban J connectivity index is 2.11. The molecule has 0 spiro atoms. The second-order valence-electron chi connectivity index (χ2n) is 7.30. The first-order chi connectivity index (χ1) is 8.87. The van der Waals surface area contributed by atoms with Crippen molar-refractivity contribution in [3.63, 3.8) is 0 Å². The lowest BCUT2D eigenvalue weighted by Gasteiger charge is -2.17. The lowest BCUT2D eigenvalue weighted by Crippen LogP contribution is -2.04. The van der Waals surface area contributed by atoms with Crippen LogP contribution in [-0.2, 0) is 13.0 Å². The molecule has 0 fully saturated rings. The van der Waals surface area contributed by atoms with Gasteiger partial charge >= 0.3 is 0 Å². The van der Waals surface area contributed by atoms with E-state index in [-0.39, 0.29) is 0 Å². The van der Waals surface area contributed by atoms with Crippen molar-refractivity contribution < 1.29 is 0 Å². The average Bonchev–Trinajstić information content (AvgIpc) is 2.68. The number of rotatable bonds is 8. The Hall–Kier alpha value is -0.860. The van der Waals surface area contributed by atoms with Crippen molar-refractivity contribution in [2.75, 3.05) is 0 Å². The van der Waals surface area contributed by atoms with Crippen molar-refractivity contribution >= 4 is 0 Å². The van der Waals surface area contributed by atoms with E-state index < -0.39 is 0 Å². The van der Waals surface area contributed by atoms with Gasteiger partial charge in [0, 0.05) is 12.7 Å². The highest BCUT2D eigenvalue weighted by Gasteiger charge is 2.08. The number of aryl methyl sites for hydroxylation is 1. The number of aromatic nitrogens is 3. The molecule has 1 heterocycles. The van der Waals surface area contributed by atoms with E-state index in [1.165, 1.54) is 32.1 Å². The molecule has 3 nitrogen and oxygen atoms in total. The Labute approximate surface area is 118 Å². The molecule has 0 aromatic carbocycles. The van der Waals surface area contributed by atoms with E-state index in [0.29, 0.717) is 11.3 Å². The minimum atomic E-state index is 0.484. The fourth-order valence-electron chi connectivity index (χ4n) is 2.24. The van der Waals surface area contributed by atoms with Crippen LogP contribution in [0.5, 0.6) is 0 Å². The molecule has 3 heteroatoms. The number of hydrogen-bond acceptors (Lipinski definition) is 2. The molecule has 0 saturated carbocycles.